The van der Waals surface area contributed by atoms with Crippen LogP contribution in [0.25, 0.3) is 0 Å². The van der Waals surface area contributed by atoms with E-state index in [4.69, 9.17) is 0 Å². The molecule has 0 aliphatic carbocycles. The molecule has 0 aromatic heterocycles. The van der Waals surface area contributed by atoms with Crippen LogP contribution in [0.5, 0.6) is 0 Å². The Hall–Kier alpha value is -2.41. The van der Waals surface area contributed by atoms with Gasteiger partial charge in [0.15, 0.2) is 5.84 Å². The molecule has 2 aromatic rings. The molecule has 2 aliphatic heterocycles. The molecule has 2 aromatic carbocycles. The van der Waals surface area contributed by atoms with Gasteiger partial charge < -0.3 is 10.2 Å². The van der Waals surface area contributed by atoms with Crippen molar-refractivity contribution in [2.24, 2.45) is 4.40 Å². The first kappa shape index (κ1) is 17.0. The number of sulfonamides is 1. The summed E-state index contributed by atoms with van der Waals surface area (Å²) in [5, 5.41) is 3.11. The maximum atomic E-state index is 14.4. The number of aryl methyl sites for hydroxylation is 2. The Labute approximate surface area is 152 Å². The molecule has 7 heteroatoms. The highest BCUT2D eigenvalue weighted by atomic mass is 32.2. The molecule has 2 heterocycles. The van der Waals surface area contributed by atoms with Crippen molar-refractivity contribution in [3.8, 4) is 0 Å². The average molecular weight is 373 g/mol. The van der Waals surface area contributed by atoms with Crippen LogP contribution in [0, 0.1) is 19.7 Å². The summed E-state index contributed by atoms with van der Waals surface area (Å²) >= 11 is 0. The van der Waals surface area contributed by atoms with E-state index in [1.165, 1.54) is 18.2 Å². The normalized spacial score (nSPS) is 18.0. The summed E-state index contributed by atoms with van der Waals surface area (Å²) < 4.78 is 42.7. The van der Waals surface area contributed by atoms with E-state index in [2.05, 4.69) is 20.7 Å². The maximum Gasteiger partial charge on any atom is 0.285 e. The quantitative estimate of drug-likeness (QED) is 0.874. The van der Waals surface area contributed by atoms with Crippen molar-refractivity contribution in [3.63, 3.8) is 0 Å². The Morgan fingerprint density at radius 3 is 2.62 bits per heavy atom. The van der Waals surface area contributed by atoms with Crippen molar-refractivity contribution in [2.45, 2.75) is 31.6 Å². The van der Waals surface area contributed by atoms with Crippen molar-refractivity contribution in [1.82, 2.24) is 0 Å². The third kappa shape index (κ3) is 2.76. The lowest BCUT2D eigenvalue weighted by atomic mass is 10.1. The van der Waals surface area contributed by atoms with Gasteiger partial charge in [-0.05, 0) is 56.0 Å². The van der Waals surface area contributed by atoms with Crippen molar-refractivity contribution in [2.75, 3.05) is 23.3 Å². The molecule has 5 nitrogen and oxygen atoms in total. The Balaban J connectivity index is 1.82. The van der Waals surface area contributed by atoms with E-state index in [0.717, 1.165) is 48.4 Å². The van der Waals surface area contributed by atoms with Crippen LogP contribution in [0.15, 0.2) is 39.6 Å². The number of nitrogens with zero attached hydrogens (tertiary/aromatic N) is 2. The van der Waals surface area contributed by atoms with Crippen LogP contribution >= 0.6 is 0 Å². The molecule has 0 amide bonds. The van der Waals surface area contributed by atoms with E-state index in [1.54, 1.807) is 0 Å². The van der Waals surface area contributed by atoms with Gasteiger partial charge >= 0.3 is 0 Å². The second-order valence-corrected chi connectivity index (χ2v) is 8.40. The molecule has 4 rings (SSSR count). The Kier molecular flexibility index (Phi) is 3.99. The zero-order valence-electron chi connectivity index (χ0n) is 14.7. The maximum absolute atomic E-state index is 14.4. The summed E-state index contributed by atoms with van der Waals surface area (Å²) in [7, 11) is -3.88. The molecule has 26 heavy (non-hydrogen) atoms. The molecular weight excluding hydrogens is 353 g/mol. The Morgan fingerprint density at radius 2 is 1.88 bits per heavy atom. The number of halogens is 1. The molecular formula is C19H20FN3O2S. The number of hydrogen-bond donors (Lipinski definition) is 1. The van der Waals surface area contributed by atoms with E-state index >= 15 is 0 Å². The fourth-order valence-electron chi connectivity index (χ4n) is 3.79. The first-order valence-electron chi connectivity index (χ1n) is 8.64. The SMILES string of the molecule is Cc1cc(C)c(N2CCCC2)c(NC2=NS(=O)(=O)c3cccc(F)c32)c1. The van der Waals surface area contributed by atoms with Gasteiger partial charge in [0.05, 0.1) is 16.9 Å². The molecule has 0 radical (unpaired) electrons. The monoisotopic (exact) mass is 373 g/mol. The number of rotatable bonds is 2. The molecule has 0 saturated carbocycles. The van der Waals surface area contributed by atoms with Crippen molar-refractivity contribution < 1.29 is 12.8 Å². The lowest BCUT2D eigenvalue weighted by Crippen LogP contribution is -2.22. The molecule has 0 unspecified atom stereocenters. The van der Waals surface area contributed by atoms with Crippen LogP contribution in [0.2, 0.25) is 0 Å². The third-order valence-electron chi connectivity index (χ3n) is 4.82. The number of amidine groups is 1. The third-order valence-corrected chi connectivity index (χ3v) is 6.14. The molecule has 2 aliphatic rings. The van der Waals surface area contributed by atoms with Crippen LogP contribution in [-0.4, -0.2) is 27.3 Å². The van der Waals surface area contributed by atoms with Crippen LogP contribution in [0.1, 0.15) is 29.5 Å². The van der Waals surface area contributed by atoms with E-state index in [-0.39, 0.29) is 16.3 Å². The zero-order valence-corrected chi connectivity index (χ0v) is 15.5. The van der Waals surface area contributed by atoms with E-state index in [0.29, 0.717) is 0 Å². The van der Waals surface area contributed by atoms with Crippen LogP contribution in [0.3, 0.4) is 0 Å². The summed E-state index contributed by atoms with van der Waals surface area (Å²) in [4.78, 5) is 2.19. The van der Waals surface area contributed by atoms with Crippen molar-refractivity contribution >= 4 is 27.2 Å². The summed E-state index contributed by atoms with van der Waals surface area (Å²) in [6.45, 7) is 5.92. The number of hydrogen-bond acceptors (Lipinski definition) is 4. The van der Waals surface area contributed by atoms with E-state index in [1.807, 2.05) is 19.9 Å². The minimum absolute atomic E-state index is 0.0130. The van der Waals surface area contributed by atoms with Gasteiger partial charge in [0, 0.05) is 13.1 Å². The number of fused-ring (bicyclic) bond motifs is 1. The average Bonchev–Trinajstić information content (AvgIpc) is 3.15. The highest BCUT2D eigenvalue weighted by Gasteiger charge is 2.32. The summed E-state index contributed by atoms with van der Waals surface area (Å²) in [5.41, 5.74) is 3.94. The van der Waals surface area contributed by atoms with Crippen LogP contribution in [0.4, 0.5) is 15.8 Å². The van der Waals surface area contributed by atoms with E-state index < -0.39 is 15.8 Å². The highest BCUT2D eigenvalue weighted by Crippen LogP contribution is 2.36. The number of nitrogens with one attached hydrogen (secondary N) is 1. The first-order valence-corrected chi connectivity index (χ1v) is 10.1. The zero-order chi connectivity index (χ0) is 18.5. The van der Waals surface area contributed by atoms with Gasteiger partial charge in [-0.1, -0.05) is 12.1 Å². The largest absolute Gasteiger partial charge is 0.370 e. The van der Waals surface area contributed by atoms with Crippen molar-refractivity contribution in [3.05, 3.63) is 52.8 Å². The van der Waals surface area contributed by atoms with Gasteiger partial charge in [-0.15, -0.1) is 4.40 Å². The van der Waals surface area contributed by atoms with Crippen LogP contribution in [-0.2, 0) is 10.0 Å². The van der Waals surface area contributed by atoms with Gasteiger partial charge in [-0.2, -0.15) is 8.42 Å². The lowest BCUT2D eigenvalue weighted by Gasteiger charge is -2.25. The summed E-state index contributed by atoms with van der Waals surface area (Å²) in [5.74, 6) is -0.550. The topological polar surface area (TPSA) is 61.8 Å². The Bertz CT molecular complexity index is 1030. The van der Waals surface area contributed by atoms with Gasteiger partial charge in [0.25, 0.3) is 10.0 Å². The lowest BCUT2D eigenvalue weighted by molar-refractivity contribution is 0.595. The summed E-state index contributed by atoms with van der Waals surface area (Å²) in [6.07, 6.45) is 2.25. The van der Waals surface area contributed by atoms with Crippen molar-refractivity contribution in [1.29, 1.82) is 0 Å². The molecule has 1 N–H and O–H groups in total. The highest BCUT2D eigenvalue weighted by molar-refractivity contribution is 7.90. The summed E-state index contributed by atoms with van der Waals surface area (Å²) in [6, 6.07) is 8.07. The standard InChI is InChI=1S/C19H20FN3O2S/c1-12-10-13(2)18(23-8-3-4-9-23)15(11-12)21-19-17-14(20)6-5-7-16(17)26(24,25)22-19/h5-7,10-11H,3-4,8-9H2,1-2H3,(H,21,22). The van der Waals surface area contributed by atoms with Gasteiger partial charge in [0.2, 0.25) is 0 Å². The number of benzene rings is 2. The molecule has 1 saturated heterocycles. The molecule has 0 bridgehead atoms. The van der Waals surface area contributed by atoms with E-state index in [9.17, 15) is 12.8 Å². The van der Waals surface area contributed by atoms with Gasteiger partial charge in [-0.3, -0.25) is 0 Å². The molecule has 136 valence electrons. The van der Waals surface area contributed by atoms with Gasteiger partial charge in [-0.25, -0.2) is 4.39 Å². The molecule has 0 spiro atoms. The fourth-order valence-corrected chi connectivity index (χ4v) is 4.97. The second kappa shape index (κ2) is 6.09. The smallest absolute Gasteiger partial charge is 0.285 e. The van der Waals surface area contributed by atoms with Crippen LogP contribution < -0.4 is 10.2 Å². The predicted molar refractivity (Wildman–Crippen MR) is 101 cm³/mol. The minimum atomic E-state index is -3.88. The molecule has 1 fully saturated rings. The fraction of sp³-hybridized carbons (Fsp3) is 0.316. The number of anilines is 2. The Morgan fingerprint density at radius 1 is 1.15 bits per heavy atom. The van der Waals surface area contributed by atoms with Gasteiger partial charge in [0.1, 0.15) is 10.7 Å². The minimum Gasteiger partial charge on any atom is -0.370 e. The molecule has 0 atom stereocenters. The predicted octanol–water partition coefficient (Wildman–Crippen LogP) is 3.60. The second-order valence-electron chi connectivity index (χ2n) is 6.83. The first-order chi connectivity index (χ1) is 12.4.